The van der Waals surface area contributed by atoms with Crippen molar-refractivity contribution in [1.29, 1.82) is 0 Å². The summed E-state index contributed by atoms with van der Waals surface area (Å²) in [5, 5.41) is 6.60. The zero-order valence-corrected chi connectivity index (χ0v) is 24.4. The van der Waals surface area contributed by atoms with Gasteiger partial charge in [0.1, 0.15) is 0 Å². The summed E-state index contributed by atoms with van der Waals surface area (Å²) < 4.78 is 0. The lowest BCUT2D eigenvalue weighted by Gasteiger charge is -2.32. The number of para-hydroxylation sites is 1. The first kappa shape index (κ1) is 25.1. The van der Waals surface area contributed by atoms with Gasteiger partial charge in [-0.05, 0) is 106 Å². The van der Waals surface area contributed by atoms with E-state index < -0.39 is 0 Å². The van der Waals surface area contributed by atoms with Crippen LogP contribution in [-0.2, 0) is 5.41 Å². The first-order valence-electron chi connectivity index (χ1n) is 15.1. The van der Waals surface area contributed by atoms with Crippen LogP contribution in [-0.4, -0.2) is 4.98 Å². The van der Waals surface area contributed by atoms with E-state index in [4.69, 9.17) is 0 Å². The van der Waals surface area contributed by atoms with E-state index in [1.54, 1.807) is 0 Å². The van der Waals surface area contributed by atoms with Crippen LogP contribution in [0.4, 0.5) is 11.4 Å². The van der Waals surface area contributed by atoms with E-state index in [0.717, 1.165) is 22.6 Å². The molecule has 2 nitrogen and oxygen atoms in total. The molecule has 1 aromatic heterocycles. The molecule has 1 fully saturated rings. The molecular formula is C40H34N2. The van der Waals surface area contributed by atoms with E-state index in [-0.39, 0.29) is 5.41 Å². The predicted molar refractivity (Wildman–Crippen MR) is 177 cm³/mol. The summed E-state index contributed by atoms with van der Waals surface area (Å²) in [5.74, 6) is 0.377. The van der Waals surface area contributed by atoms with E-state index in [1.807, 2.05) is 12.3 Å². The number of nitrogens with zero attached hydrogens (tertiary/aromatic N) is 1. The lowest BCUT2D eigenvalue weighted by molar-refractivity contribution is 0.849. The Bertz CT molecular complexity index is 1990. The molecule has 1 heterocycles. The van der Waals surface area contributed by atoms with Gasteiger partial charge >= 0.3 is 0 Å². The molecule has 1 saturated carbocycles. The number of nitrogens with one attached hydrogen (secondary N) is 1. The zero-order valence-electron chi connectivity index (χ0n) is 24.4. The average molecular weight is 543 g/mol. The minimum absolute atomic E-state index is 0.172. The van der Waals surface area contributed by atoms with Gasteiger partial charge in [-0.2, -0.15) is 0 Å². The fourth-order valence-electron chi connectivity index (χ4n) is 7.20. The first-order chi connectivity index (χ1) is 20.5. The Balaban J connectivity index is 1.32. The molecule has 0 aliphatic heterocycles. The van der Waals surface area contributed by atoms with Crippen LogP contribution in [0.15, 0.2) is 115 Å². The van der Waals surface area contributed by atoms with Gasteiger partial charge in [0.15, 0.2) is 0 Å². The van der Waals surface area contributed by atoms with Crippen molar-refractivity contribution in [3.05, 3.63) is 138 Å². The van der Waals surface area contributed by atoms with Gasteiger partial charge in [0.2, 0.25) is 0 Å². The van der Waals surface area contributed by atoms with Crippen molar-refractivity contribution in [3.8, 4) is 33.5 Å². The molecule has 204 valence electrons. The van der Waals surface area contributed by atoms with Gasteiger partial charge < -0.3 is 5.32 Å². The molecular weight excluding hydrogens is 508 g/mol. The Labute approximate surface area is 248 Å². The second-order valence-electron chi connectivity index (χ2n) is 12.4. The smallest absolute Gasteiger partial charge is 0.0704 e. The van der Waals surface area contributed by atoms with E-state index in [0.29, 0.717) is 5.92 Å². The molecule has 42 heavy (non-hydrogen) atoms. The van der Waals surface area contributed by atoms with Gasteiger partial charge in [-0.3, -0.25) is 4.98 Å². The van der Waals surface area contributed by atoms with Gasteiger partial charge in [-0.25, -0.2) is 0 Å². The quantitative estimate of drug-likeness (QED) is 0.234. The van der Waals surface area contributed by atoms with Crippen molar-refractivity contribution < 1.29 is 0 Å². The molecule has 0 saturated heterocycles. The summed E-state index contributed by atoms with van der Waals surface area (Å²) in [7, 11) is 0. The summed E-state index contributed by atoms with van der Waals surface area (Å²) in [6, 6.07) is 40.3. The number of pyridine rings is 1. The van der Waals surface area contributed by atoms with Gasteiger partial charge in [0.25, 0.3) is 0 Å². The van der Waals surface area contributed by atoms with Crippen LogP contribution in [0.25, 0.3) is 44.3 Å². The molecule has 0 atom stereocenters. The van der Waals surface area contributed by atoms with Crippen molar-refractivity contribution in [2.75, 3.05) is 5.32 Å². The maximum Gasteiger partial charge on any atom is 0.0704 e. The topological polar surface area (TPSA) is 24.9 Å². The minimum atomic E-state index is 0.172. The molecule has 1 N–H and O–H groups in total. The summed E-state index contributed by atoms with van der Waals surface area (Å²) in [4.78, 5) is 4.57. The molecule has 0 unspecified atom stereocenters. The molecule has 2 heteroatoms. The predicted octanol–water partition coefficient (Wildman–Crippen LogP) is 10.8. The number of aryl methyl sites for hydroxylation is 1. The number of hydrogen-bond acceptors (Lipinski definition) is 2. The Morgan fingerprint density at radius 1 is 0.714 bits per heavy atom. The highest BCUT2D eigenvalue weighted by molar-refractivity contribution is 6.12. The van der Waals surface area contributed by atoms with Crippen molar-refractivity contribution >= 4 is 22.1 Å². The van der Waals surface area contributed by atoms with Crippen molar-refractivity contribution in [3.63, 3.8) is 0 Å². The third kappa shape index (κ3) is 3.82. The maximum atomic E-state index is 4.57. The Kier molecular flexibility index (Phi) is 5.62. The molecule has 0 radical (unpaired) electrons. The van der Waals surface area contributed by atoms with E-state index in [9.17, 15) is 0 Å². The summed E-state index contributed by atoms with van der Waals surface area (Å²) in [6.07, 6.45) is 4.34. The van der Waals surface area contributed by atoms with Crippen LogP contribution in [0.5, 0.6) is 0 Å². The van der Waals surface area contributed by atoms with Gasteiger partial charge in [0, 0.05) is 34.1 Å². The van der Waals surface area contributed by atoms with Crippen LogP contribution in [0.3, 0.4) is 0 Å². The third-order valence-corrected chi connectivity index (χ3v) is 9.37. The highest BCUT2D eigenvalue weighted by atomic mass is 14.9. The number of fused-ring (bicyclic) bond motifs is 4. The Hall–Kier alpha value is -4.69. The van der Waals surface area contributed by atoms with Gasteiger partial charge in [0.05, 0.1) is 5.69 Å². The molecule has 2 aliphatic carbocycles. The van der Waals surface area contributed by atoms with Crippen LogP contribution < -0.4 is 5.32 Å². The first-order valence-corrected chi connectivity index (χ1v) is 15.1. The van der Waals surface area contributed by atoms with Crippen LogP contribution in [0.1, 0.15) is 54.9 Å². The third-order valence-electron chi connectivity index (χ3n) is 9.37. The molecule has 8 rings (SSSR count). The Morgan fingerprint density at radius 2 is 1.45 bits per heavy atom. The lowest BCUT2D eigenvalue weighted by Crippen LogP contribution is -2.16. The van der Waals surface area contributed by atoms with Crippen molar-refractivity contribution in [1.82, 2.24) is 4.98 Å². The fourth-order valence-corrected chi connectivity index (χ4v) is 7.20. The zero-order chi connectivity index (χ0) is 28.4. The highest BCUT2D eigenvalue weighted by Crippen LogP contribution is 2.63. The van der Waals surface area contributed by atoms with Crippen LogP contribution in [0.2, 0.25) is 0 Å². The number of benzene rings is 5. The summed E-state index contributed by atoms with van der Waals surface area (Å²) in [5.41, 5.74) is 15.5. The largest absolute Gasteiger partial charge is 0.355 e. The Morgan fingerprint density at radius 3 is 2.21 bits per heavy atom. The van der Waals surface area contributed by atoms with E-state index in [1.165, 1.54) is 68.1 Å². The van der Waals surface area contributed by atoms with Gasteiger partial charge in [-0.15, -0.1) is 0 Å². The van der Waals surface area contributed by atoms with Crippen molar-refractivity contribution in [2.24, 2.45) is 0 Å². The molecule has 2 aliphatic rings. The number of hydrogen-bond donors (Lipinski definition) is 1. The minimum Gasteiger partial charge on any atom is -0.355 e. The van der Waals surface area contributed by atoms with E-state index >= 15 is 0 Å². The number of rotatable bonds is 5. The lowest BCUT2D eigenvalue weighted by atomic mass is 9.71. The van der Waals surface area contributed by atoms with Crippen molar-refractivity contribution in [2.45, 2.75) is 44.9 Å². The molecule has 0 amide bonds. The molecule has 6 aromatic rings. The average Bonchev–Trinajstić information content (AvgIpc) is 3.81. The summed E-state index contributed by atoms with van der Waals surface area (Å²) >= 11 is 0. The van der Waals surface area contributed by atoms with Crippen LogP contribution >= 0.6 is 0 Å². The second kappa shape index (κ2) is 9.42. The van der Waals surface area contributed by atoms with Gasteiger partial charge in [-0.1, -0.05) is 92.7 Å². The molecule has 0 bridgehead atoms. The number of anilines is 2. The maximum absolute atomic E-state index is 4.57. The van der Waals surface area contributed by atoms with Crippen LogP contribution in [0, 0.1) is 6.92 Å². The SMILES string of the molecule is Cc1ccnc(-c2ccc(Nc3ccccc3-c3c(C(C)C)cc4cccc5c4c3-c3ccccc3C53CC3)cc2)c1. The second-order valence-corrected chi connectivity index (χ2v) is 12.4. The molecule has 1 spiro atoms. The molecule has 5 aromatic carbocycles. The standard InChI is InChI=1S/C40H34N2/c1-25(2)32-24-28-9-8-13-34-37(28)39(30-10-4-6-12-33(30)40(34)20-21-40)38(32)31-11-5-7-14-35(31)42-29-17-15-27(16-18-29)36-23-26(3)19-22-41-36/h4-19,22-25,42H,20-21H2,1-3H3. The monoisotopic (exact) mass is 542 g/mol. The highest BCUT2D eigenvalue weighted by Gasteiger charge is 2.50. The fraction of sp³-hybridized carbons (Fsp3) is 0.175. The number of aromatic nitrogens is 1. The van der Waals surface area contributed by atoms with E-state index in [2.05, 4.69) is 134 Å². The summed E-state index contributed by atoms with van der Waals surface area (Å²) in [6.45, 7) is 6.76. The normalized spacial score (nSPS) is 14.3.